The summed E-state index contributed by atoms with van der Waals surface area (Å²) < 4.78 is 42.2. The zero-order valence-electron chi connectivity index (χ0n) is 28.5. The molecule has 49 heavy (non-hydrogen) atoms. The van der Waals surface area contributed by atoms with E-state index in [0.29, 0.717) is 0 Å². The molecule has 6 nitrogen and oxygen atoms in total. The Morgan fingerprint density at radius 2 is 1.47 bits per heavy atom. The molecule has 5 aromatic rings. The van der Waals surface area contributed by atoms with Gasteiger partial charge in [0.2, 0.25) is 6.16 Å². The van der Waals surface area contributed by atoms with E-state index in [1.54, 1.807) is 12.1 Å². The summed E-state index contributed by atoms with van der Waals surface area (Å²) in [5.41, 5.74) is 3.48. The second-order valence-electron chi connectivity index (χ2n) is 13.3. The maximum atomic E-state index is 13.8. The molecular formula is C40H42FNO5PSi+. The fourth-order valence-corrected chi connectivity index (χ4v) is 12.2. The van der Waals surface area contributed by atoms with Crippen LogP contribution in [0.2, 0.25) is 5.04 Å². The van der Waals surface area contributed by atoms with Gasteiger partial charge >= 0.3 is 14.0 Å². The smallest absolute Gasteiger partial charge is 0.481 e. The number of hydrogen-bond acceptors (Lipinski definition) is 4. The lowest BCUT2D eigenvalue weighted by Crippen LogP contribution is -2.68. The number of carbonyl (C=O) groups is 1. The number of fused-ring (bicyclic) bond motifs is 1. The van der Waals surface area contributed by atoms with Crippen molar-refractivity contribution in [3.63, 3.8) is 0 Å². The molecule has 4 aromatic carbocycles. The maximum Gasteiger partial charge on any atom is 0.511 e. The lowest BCUT2D eigenvalue weighted by Gasteiger charge is -2.44. The van der Waals surface area contributed by atoms with Gasteiger partial charge in [0.05, 0.1) is 6.42 Å². The first-order chi connectivity index (χ1) is 23.4. The largest absolute Gasteiger partial charge is 0.511 e. The highest BCUT2D eigenvalue weighted by atomic mass is 31.1. The van der Waals surface area contributed by atoms with Crippen molar-refractivity contribution < 1.29 is 27.8 Å². The summed E-state index contributed by atoms with van der Waals surface area (Å²) in [4.78, 5) is 12.1. The number of carboxylic acid groups (broad SMARTS) is 1. The van der Waals surface area contributed by atoms with E-state index >= 15 is 0 Å². The van der Waals surface area contributed by atoms with E-state index in [1.165, 1.54) is 12.1 Å². The standard InChI is InChI=1S/C40H41FNO5PSi/c1-29(2)42-36-20-13-12-19-35(36)39(30-22-24-31(41)25-23-30)37(42)21-14-26-46-48(45)28-32(27-38(43)44)47-49(40(3,4)5,33-15-8-6-9-16-33)34-17-10-7-11-18-34/h6-13,15-20,22-25,29,32H,26-28H2,1-5H3/p+1/t32-/m0/s1. The number of halogens is 1. The van der Waals surface area contributed by atoms with Crippen LogP contribution in [0.4, 0.5) is 4.39 Å². The predicted octanol–water partition coefficient (Wildman–Crippen LogP) is 8.56. The zero-order valence-corrected chi connectivity index (χ0v) is 30.4. The number of carboxylic acids is 1. The van der Waals surface area contributed by atoms with Crippen LogP contribution in [0, 0.1) is 17.7 Å². The highest BCUT2D eigenvalue weighted by Crippen LogP contribution is 2.40. The van der Waals surface area contributed by atoms with Gasteiger partial charge in [-0.15, -0.1) is 4.52 Å². The van der Waals surface area contributed by atoms with Gasteiger partial charge in [0.15, 0.2) is 6.61 Å². The van der Waals surface area contributed by atoms with Crippen molar-refractivity contribution in [3.8, 4) is 23.0 Å². The Kier molecular flexibility index (Phi) is 11.3. The minimum Gasteiger partial charge on any atom is -0.481 e. The number of rotatable bonds is 12. The molecule has 5 rings (SSSR count). The Labute approximate surface area is 289 Å². The second-order valence-corrected chi connectivity index (χ2v) is 18.8. The van der Waals surface area contributed by atoms with Crippen LogP contribution in [-0.4, -0.2) is 42.8 Å². The SMILES string of the molecule is CC(C)n1c(C#CCO[P+](=O)C[C@H](CC(=O)O)O[Si](c2ccccc2)(c2ccccc2)C(C)(C)C)c(-c2ccc(F)cc2)c2ccccc21. The first kappa shape index (κ1) is 35.9. The van der Waals surface area contributed by atoms with Gasteiger partial charge in [-0.2, -0.15) is 0 Å². The van der Waals surface area contributed by atoms with Crippen LogP contribution in [0.1, 0.15) is 52.8 Å². The van der Waals surface area contributed by atoms with Crippen LogP contribution < -0.4 is 10.4 Å². The molecule has 0 amide bonds. The average molecular weight is 695 g/mol. The van der Waals surface area contributed by atoms with E-state index in [4.69, 9.17) is 8.95 Å². The van der Waals surface area contributed by atoms with Gasteiger partial charge in [-0.1, -0.05) is 118 Å². The summed E-state index contributed by atoms with van der Waals surface area (Å²) in [6.45, 7) is 10.4. The van der Waals surface area contributed by atoms with Gasteiger partial charge in [-0.05, 0) is 63.5 Å². The molecule has 0 aliphatic carbocycles. The van der Waals surface area contributed by atoms with E-state index in [1.807, 2.05) is 84.9 Å². The highest BCUT2D eigenvalue weighted by molar-refractivity contribution is 7.39. The Morgan fingerprint density at radius 3 is 2.02 bits per heavy atom. The van der Waals surface area contributed by atoms with E-state index in [-0.39, 0.29) is 36.1 Å². The zero-order chi connectivity index (χ0) is 35.2. The number of benzene rings is 4. The minimum absolute atomic E-state index is 0.0800. The lowest BCUT2D eigenvalue weighted by atomic mass is 10.0. The average Bonchev–Trinajstić information content (AvgIpc) is 3.40. The molecule has 1 heterocycles. The molecule has 2 atom stereocenters. The van der Waals surface area contributed by atoms with Crippen molar-refractivity contribution in [3.05, 3.63) is 121 Å². The summed E-state index contributed by atoms with van der Waals surface area (Å²) in [6.07, 6.45) is -1.29. The van der Waals surface area contributed by atoms with Gasteiger partial charge in [0, 0.05) is 22.5 Å². The van der Waals surface area contributed by atoms with Crippen LogP contribution >= 0.6 is 8.03 Å². The molecule has 0 aliphatic heterocycles. The fourth-order valence-electron chi connectivity index (χ4n) is 6.55. The van der Waals surface area contributed by atoms with Crippen molar-refractivity contribution in [2.24, 2.45) is 0 Å². The molecule has 0 spiro atoms. The Morgan fingerprint density at radius 1 is 0.898 bits per heavy atom. The van der Waals surface area contributed by atoms with Crippen molar-refractivity contribution >= 4 is 43.6 Å². The Bertz CT molecular complexity index is 1940. The number of para-hydroxylation sites is 1. The van der Waals surface area contributed by atoms with Gasteiger partial charge in [0.25, 0.3) is 8.32 Å². The third-order valence-electron chi connectivity index (χ3n) is 8.56. The molecule has 1 N–H and O–H groups in total. The maximum absolute atomic E-state index is 13.8. The molecule has 0 bridgehead atoms. The molecule has 0 saturated carbocycles. The van der Waals surface area contributed by atoms with E-state index in [9.17, 15) is 18.9 Å². The molecule has 1 aromatic heterocycles. The molecule has 0 saturated heterocycles. The molecule has 252 valence electrons. The predicted molar refractivity (Wildman–Crippen MR) is 198 cm³/mol. The van der Waals surface area contributed by atoms with Crippen LogP contribution in [0.15, 0.2) is 109 Å². The Hall–Kier alpha value is -4.38. The minimum atomic E-state index is -3.11. The van der Waals surface area contributed by atoms with Crippen LogP contribution in [0.3, 0.4) is 0 Å². The van der Waals surface area contributed by atoms with E-state index < -0.39 is 28.4 Å². The van der Waals surface area contributed by atoms with Gasteiger partial charge < -0.3 is 14.1 Å². The molecule has 0 radical (unpaired) electrons. The first-order valence-electron chi connectivity index (χ1n) is 16.4. The highest BCUT2D eigenvalue weighted by Gasteiger charge is 2.52. The van der Waals surface area contributed by atoms with Gasteiger partial charge in [-0.25, -0.2) is 4.39 Å². The van der Waals surface area contributed by atoms with E-state index in [2.05, 4.69) is 51.0 Å². The number of aliphatic carboxylic acids is 1. The fraction of sp³-hybridized carbons (Fsp3) is 0.275. The van der Waals surface area contributed by atoms with Crippen molar-refractivity contribution in [2.75, 3.05) is 12.8 Å². The molecule has 1 unspecified atom stereocenters. The monoisotopic (exact) mass is 694 g/mol. The van der Waals surface area contributed by atoms with Gasteiger partial charge in [-0.3, -0.25) is 4.79 Å². The number of aromatic nitrogens is 1. The van der Waals surface area contributed by atoms with Crippen LogP contribution in [-0.2, 0) is 18.3 Å². The normalized spacial score (nSPS) is 12.8. The van der Waals surface area contributed by atoms with Gasteiger partial charge in [0.1, 0.15) is 17.6 Å². The topological polar surface area (TPSA) is 77.8 Å². The summed E-state index contributed by atoms with van der Waals surface area (Å²) in [7, 11) is -5.43. The van der Waals surface area contributed by atoms with E-state index in [0.717, 1.165) is 38.1 Å². The second kappa shape index (κ2) is 15.4. The van der Waals surface area contributed by atoms with Crippen molar-refractivity contribution in [1.82, 2.24) is 4.57 Å². The lowest BCUT2D eigenvalue weighted by molar-refractivity contribution is -0.138. The first-order valence-corrected chi connectivity index (χ1v) is 19.7. The number of nitrogens with zero attached hydrogens (tertiary/aromatic N) is 1. The molecule has 0 aliphatic rings. The summed E-state index contributed by atoms with van der Waals surface area (Å²) >= 11 is 0. The summed E-state index contributed by atoms with van der Waals surface area (Å²) in [5.74, 6) is 4.95. The Balaban J connectivity index is 1.43. The number of hydrogen-bond donors (Lipinski definition) is 1. The third-order valence-corrected chi connectivity index (χ3v) is 14.8. The van der Waals surface area contributed by atoms with Crippen LogP contribution in [0.5, 0.6) is 0 Å². The third kappa shape index (κ3) is 7.93. The summed E-state index contributed by atoms with van der Waals surface area (Å²) in [6, 6.07) is 34.3. The summed E-state index contributed by atoms with van der Waals surface area (Å²) in [5, 5.41) is 12.5. The molecule has 0 fully saturated rings. The van der Waals surface area contributed by atoms with Crippen LogP contribution in [0.25, 0.3) is 22.0 Å². The quantitative estimate of drug-likeness (QED) is 0.0805. The van der Waals surface area contributed by atoms with Crippen molar-refractivity contribution in [2.45, 2.75) is 58.2 Å². The molecule has 9 heteroatoms. The molecular weight excluding hydrogens is 653 g/mol. The van der Waals surface area contributed by atoms with Crippen molar-refractivity contribution in [1.29, 1.82) is 0 Å².